The van der Waals surface area contributed by atoms with Crippen molar-refractivity contribution in [2.75, 3.05) is 0 Å². The Morgan fingerprint density at radius 2 is 1.47 bits per heavy atom. The van der Waals surface area contributed by atoms with Crippen LogP contribution in [0.1, 0.15) is 18.4 Å². The molecule has 0 aromatic heterocycles. The van der Waals surface area contributed by atoms with Crippen molar-refractivity contribution in [1.82, 2.24) is 5.32 Å². The molecule has 0 aliphatic carbocycles. The Morgan fingerprint density at radius 3 is 1.71 bits per heavy atom. The van der Waals surface area contributed by atoms with Crippen molar-refractivity contribution in [3.8, 4) is 5.75 Å². The fraction of sp³-hybridized carbons (Fsp3) is 0.250. The third-order valence-electron chi connectivity index (χ3n) is 1.89. The van der Waals surface area contributed by atoms with E-state index in [1.807, 2.05) is 25.8 Å². The zero-order valence-electron chi connectivity index (χ0n) is 9.60. The fourth-order valence-corrected chi connectivity index (χ4v) is 1.05. The molecule has 0 spiro atoms. The minimum atomic E-state index is -0.148. The first kappa shape index (κ1) is 14.8. The van der Waals surface area contributed by atoms with Gasteiger partial charge in [-0.15, -0.1) is 0 Å². The summed E-state index contributed by atoms with van der Waals surface area (Å²) in [6.07, 6.45) is 0.748. The molecule has 1 aromatic rings. The highest BCUT2D eigenvalue weighted by Gasteiger charge is 2.15. The Kier molecular flexibility index (Phi) is 7.01. The highest BCUT2D eigenvalue weighted by Crippen LogP contribution is 2.07. The molecular weight excluding hydrogens is 222 g/mol. The number of rotatable bonds is 0. The summed E-state index contributed by atoms with van der Waals surface area (Å²) in [7, 11) is 0. The van der Waals surface area contributed by atoms with Crippen LogP contribution in [0.15, 0.2) is 24.3 Å². The molecule has 0 atom stereocenters. The van der Waals surface area contributed by atoms with Crippen molar-refractivity contribution in [1.29, 1.82) is 0 Å². The van der Waals surface area contributed by atoms with E-state index in [0.29, 0.717) is 18.6 Å². The van der Waals surface area contributed by atoms with Crippen LogP contribution in [-0.2, 0) is 14.4 Å². The van der Waals surface area contributed by atoms with Crippen LogP contribution >= 0.6 is 0 Å². The minimum Gasteiger partial charge on any atom is -0.508 e. The van der Waals surface area contributed by atoms with Crippen LogP contribution in [0.4, 0.5) is 0 Å². The number of amides is 2. The Morgan fingerprint density at radius 1 is 1.06 bits per heavy atom. The van der Waals surface area contributed by atoms with Crippen LogP contribution in [0.3, 0.4) is 0 Å². The Balaban J connectivity index is 0.000000265. The number of imide groups is 1. The highest BCUT2D eigenvalue weighted by atomic mass is 16.3. The van der Waals surface area contributed by atoms with Crippen LogP contribution in [0, 0.1) is 6.92 Å². The molecule has 1 aliphatic rings. The molecule has 5 heteroatoms. The van der Waals surface area contributed by atoms with Crippen LogP contribution < -0.4 is 5.32 Å². The van der Waals surface area contributed by atoms with Gasteiger partial charge in [0.1, 0.15) is 12.5 Å². The second-order valence-electron chi connectivity index (χ2n) is 3.31. The Hall–Kier alpha value is -2.17. The number of aryl methyl sites for hydroxylation is 1. The fourth-order valence-electron chi connectivity index (χ4n) is 1.05. The number of hydrogen-bond acceptors (Lipinski definition) is 4. The van der Waals surface area contributed by atoms with Crippen molar-refractivity contribution < 1.29 is 19.5 Å². The predicted molar refractivity (Wildman–Crippen MR) is 62.3 cm³/mol. The minimum absolute atomic E-state index is 0.148. The van der Waals surface area contributed by atoms with E-state index in [1.165, 1.54) is 5.56 Å². The first-order valence-corrected chi connectivity index (χ1v) is 4.95. The summed E-state index contributed by atoms with van der Waals surface area (Å²) in [5.74, 6) is 0.0330. The van der Waals surface area contributed by atoms with Gasteiger partial charge in [-0.05, 0) is 19.1 Å². The zero-order chi connectivity index (χ0) is 13.3. The van der Waals surface area contributed by atoms with Gasteiger partial charge in [-0.1, -0.05) is 17.7 Å². The number of aromatic hydroxyl groups is 1. The summed E-state index contributed by atoms with van der Waals surface area (Å²) in [6, 6.07) is 7.09. The number of phenols is 1. The average Bonchev–Trinajstić information content (AvgIpc) is 2.70. The maximum atomic E-state index is 10.1. The molecule has 1 saturated heterocycles. The van der Waals surface area contributed by atoms with E-state index < -0.39 is 0 Å². The van der Waals surface area contributed by atoms with Gasteiger partial charge in [-0.25, -0.2) is 0 Å². The van der Waals surface area contributed by atoms with Crippen LogP contribution in [0.5, 0.6) is 5.75 Å². The van der Waals surface area contributed by atoms with Gasteiger partial charge in [0.2, 0.25) is 11.8 Å². The molecule has 0 unspecified atom stereocenters. The molecule has 0 bridgehead atoms. The van der Waals surface area contributed by atoms with Gasteiger partial charge in [0.05, 0.1) is 0 Å². The Labute approximate surface area is 99.5 Å². The first-order valence-electron chi connectivity index (χ1n) is 4.95. The third kappa shape index (κ3) is 6.83. The molecule has 5 nitrogen and oxygen atoms in total. The van der Waals surface area contributed by atoms with Crippen molar-refractivity contribution in [3.63, 3.8) is 0 Å². The maximum Gasteiger partial charge on any atom is 0.227 e. The van der Waals surface area contributed by atoms with E-state index in [4.69, 9.17) is 9.90 Å². The third-order valence-corrected chi connectivity index (χ3v) is 1.89. The van der Waals surface area contributed by atoms with Crippen LogP contribution in [0.2, 0.25) is 0 Å². The molecule has 0 saturated carbocycles. The Bertz CT molecular complexity index is 338. The highest BCUT2D eigenvalue weighted by molar-refractivity contribution is 6.01. The first-order chi connectivity index (χ1) is 8.08. The van der Waals surface area contributed by atoms with E-state index >= 15 is 0 Å². The van der Waals surface area contributed by atoms with Crippen molar-refractivity contribution in [2.45, 2.75) is 19.8 Å². The lowest BCUT2D eigenvalue weighted by Crippen LogP contribution is -2.18. The molecule has 17 heavy (non-hydrogen) atoms. The van der Waals surface area contributed by atoms with Crippen LogP contribution in [-0.4, -0.2) is 23.7 Å². The monoisotopic (exact) mass is 237 g/mol. The summed E-state index contributed by atoms with van der Waals surface area (Å²) in [6.45, 7) is 3.99. The van der Waals surface area contributed by atoms with Crippen LogP contribution in [0.25, 0.3) is 0 Å². The molecule has 0 radical (unpaired) electrons. The van der Waals surface area contributed by atoms with E-state index in [2.05, 4.69) is 5.32 Å². The molecule has 1 fully saturated rings. The molecule has 2 N–H and O–H groups in total. The molecular formula is C12H15NO4. The SMILES string of the molecule is C=O.Cc1ccc(O)cc1.O=C1CCC(=O)N1. The van der Waals surface area contributed by atoms with Gasteiger partial charge in [-0.3, -0.25) is 14.9 Å². The summed E-state index contributed by atoms with van der Waals surface area (Å²) in [5, 5.41) is 10.9. The van der Waals surface area contributed by atoms with E-state index in [0.717, 1.165) is 0 Å². The number of hydrogen-bond donors (Lipinski definition) is 2. The van der Waals surface area contributed by atoms with E-state index in [-0.39, 0.29) is 11.8 Å². The average molecular weight is 237 g/mol. The maximum absolute atomic E-state index is 10.1. The van der Waals surface area contributed by atoms with Crippen molar-refractivity contribution in [3.05, 3.63) is 29.8 Å². The van der Waals surface area contributed by atoms with Gasteiger partial charge in [0.15, 0.2) is 0 Å². The quantitative estimate of drug-likeness (QED) is 0.658. The number of nitrogens with one attached hydrogen (secondary N) is 1. The predicted octanol–water partition coefficient (Wildman–Crippen LogP) is 0.939. The van der Waals surface area contributed by atoms with Gasteiger partial charge in [-0.2, -0.15) is 0 Å². The summed E-state index contributed by atoms with van der Waals surface area (Å²) in [4.78, 5) is 28.2. The molecule has 1 heterocycles. The van der Waals surface area contributed by atoms with E-state index in [9.17, 15) is 9.59 Å². The van der Waals surface area contributed by atoms with Crippen molar-refractivity contribution >= 4 is 18.6 Å². The van der Waals surface area contributed by atoms with Gasteiger partial charge in [0, 0.05) is 12.8 Å². The second kappa shape index (κ2) is 8.04. The second-order valence-corrected chi connectivity index (χ2v) is 3.31. The lowest BCUT2D eigenvalue weighted by Gasteiger charge is -1.89. The number of benzene rings is 1. The smallest absolute Gasteiger partial charge is 0.227 e. The molecule has 1 aliphatic heterocycles. The van der Waals surface area contributed by atoms with Gasteiger partial charge < -0.3 is 9.90 Å². The number of carbonyl (C=O) groups excluding carboxylic acids is 3. The summed E-state index contributed by atoms with van der Waals surface area (Å²) < 4.78 is 0. The topological polar surface area (TPSA) is 83.5 Å². The zero-order valence-corrected chi connectivity index (χ0v) is 9.60. The molecule has 2 rings (SSSR count). The summed E-state index contributed by atoms with van der Waals surface area (Å²) >= 11 is 0. The molecule has 1 aromatic carbocycles. The van der Waals surface area contributed by atoms with E-state index in [1.54, 1.807) is 12.1 Å². The van der Waals surface area contributed by atoms with Crippen molar-refractivity contribution in [2.24, 2.45) is 0 Å². The van der Waals surface area contributed by atoms with Gasteiger partial charge in [0.25, 0.3) is 0 Å². The molecule has 2 amide bonds. The molecule has 92 valence electrons. The largest absolute Gasteiger partial charge is 0.508 e. The standard InChI is InChI=1S/C7H8O.C4H5NO2.CH2O/c1-6-2-4-7(8)5-3-6;6-3-1-2-4(7)5-3;1-2/h2-5,8H,1H3;1-2H2,(H,5,6,7);1H2. The number of phenolic OH excluding ortho intramolecular Hbond substituents is 1. The lowest BCUT2D eigenvalue weighted by atomic mass is 10.2. The summed E-state index contributed by atoms with van der Waals surface area (Å²) in [5.41, 5.74) is 1.17. The van der Waals surface area contributed by atoms with Gasteiger partial charge >= 0.3 is 0 Å². The lowest BCUT2D eigenvalue weighted by molar-refractivity contribution is -0.124. The number of carbonyl (C=O) groups is 3. The normalized spacial score (nSPS) is 12.8.